The predicted octanol–water partition coefficient (Wildman–Crippen LogP) is 6.08. The summed E-state index contributed by atoms with van der Waals surface area (Å²) in [5.41, 5.74) is -1.20. The van der Waals surface area contributed by atoms with Gasteiger partial charge in [0.1, 0.15) is 4.49 Å². The summed E-state index contributed by atoms with van der Waals surface area (Å²) < 4.78 is 0.135. The number of aliphatic carboxylic acids is 1. The molecule has 4 heteroatoms. The molecule has 1 N–H and O–H groups in total. The molecule has 3 atom stereocenters. The van der Waals surface area contributed by atoms with Gasteiger partial charge < -0.3 is 5.11 Å². The van der Waals surface area contributed by atoms with Gasteiger partial charge in [-0.15, -0.1) is 0 Å². The van der Waals surface area contributed by atoms with Crippen LogP contribution in [-0.4, -0.2) is 11.1 Å². The van der Waals surface area contributed by atoms with Crippen molar-refractivity contribution < 1.29 is 9.90 Å². The average Bonchev–Trinajstić information content (AvgIpc) is 2.92. The minimum Gasteiger partial charge on any atom is -0.481 e. The Balaban J connectivity index is 2.71. The first-order valence-corrected chi connectivity index (χ1v) is 9.07. The molecule has 0 heterocycles. The summed E-state index contributed by atoms with van der Waals surface area (Å²) in [5, 5.41) is 10.3. The van der Waals surface area contributed by atoms with Crippen LogP contribution in [-0.2, 0) is 11.2 Å². The molecule has 132 valence electrons. The second kappa shape index (κ2) is 6.07. The fourth-order valence-corrected chi connectivity index (χ4v) is 6.14. The summed E-state index contributed by atoms with van der Waals surface area (Å²) in [6, 6.07) is 9.80. The van der Waals surface area contributed by atoms with Crippen molar-refractivity contribution in [1.82, 2.24) is 0 Å². The van der Waals surface area contributed by atoms with Crippen LogP contribution in [0.1, 0.15) is 46.6 Å². The number of carbonyl (C=O) groups is 1. The summed E-state index contributed by atoms with van der Waals surface area (Å²) in [4.78, 5) is 12.6. The van der Waals surface area contributed by atoms with Crippen LogP contribution in [0.4, 0.5) is 0 Å². The van der Waals surface area contributed by atoms with Gasteiger partial charge in [-0.1, -0.05) is 88.2 Å². The predicted molar refractivity (Wildman–Crippen MR) is 100 cm³/mol. The van der Waals surface area contributed by atoms with Crippen LogP contribution in [0.25, 0.3) is 0 Å². The van der Waals surface area contributed by atoms with Gasteiger partial charge in [0.05, 0.1) is 5.41 Å². The largest absolute Gasteiger partial charge is 0.481 e. The van der Waals surface area contributed by atoms with Crippen molar-refractivity contribution in [3.8, 4) is 0 Å². The van der Waals surface area contributed by atoms with E-state index >= 15 is 0 Å². The Bertz CT molecular complexity index is 658. The number of allylic oxidation sites excluding steroid dienone is 1. The van der Waals surface area contributed by atoms with Crippen LogP contribution in [0.3, 0.4) is 0 Å². The zero-order valence-corrected chi connectivity index (χ0v) is 16.5. The fraction of sp³-hybridized carbons (Fsp3) is 0.550. The van der Waals surface area contributed by atoms with Crippen LogP contribution in [0.5, 0.6) is 0 Å². The van der Waals surface area contributed by atoms with Crippen molar-refractivity contribution in [1.29, 1.82) is 0 Å². The van der Waals surface area contributed by atoms with Crippen LogP contribution in [0.2, 0.25) is 0 Å². The Labute approximate surface area is 154 Å². The quantitative estimate of drug-likeness (QED) is 0.683. The van der Waals surface area contributed by atoms with E-state index in [4.69, 9.17) is 23.2 Å². The van der Waals surface area contributed by atoms with E-state index in [9.17, 15) is 9.90 Å². The number of hydrogen-bond donors (Lipinski definition) is 1. The van der Waals surface area contributed by atoms with Gasteiger partial charge in [0.25, 0.3) is 0 Å². The molecule has 24 heavy (non-hydrogen) atoms. The van der Waals surface area contributed by atoms with Crippen molar-refractivity contribution in [2.75, 3.05) is 0 Å². The summed E-state index contributed by atoms with van der Waals surface area (Å²) in [6.45, 7) is 10.4. The normalized spacial score (nSPS) is 32.3. The summed E-state index contributed by atoms with van der Waals surface area (Å²) >= 11 is 12.0. The first-order valence-electron chi connectivity index (χ1n) is 8.31. The third-order valence-corrected chi connectivity index (χ3v) is 6.54. The molecule has 0 amide bonds. The fourth-order valence-electron chi connectivity index (χ4n) is 5.71. The Hall–Kier alpha value is -0.990. The molecule has 1 aromatic carbocycles. The van der Waals surface area contributed by atoms with E-state index in [0.29, 0.717) is 6.42 Å². The van der Waals surface area contributed by atoms with E-state index in [2.05, 4.69) is 27.7 Å². The third kappa shape index (κ3) is 2.34. The maximum Gasteiger partial charge on any atom is 0.311 e. The first-order chi connectivity index (χ1) is 11.0. The maximum absolute atomic E-state index is 12.6. The second-order valence-corrected chi connectivity index (χ2v) is 9.03. The smallest absolute Gasteiger partial charge is 0.311 e. The van der Waals surface area contributed by atoms with Gasteiger partial charge in [-0.3, -0.25) is 4.79 Å². The van der Waals surface area contributed by atoms with E-state index < -0.39 is 22.2 Å². The van der Waals surface area contributed by atoms with E-state index in [-0.39, 0.29) is 9.91 Å². The lowest BCUT2D eigenvalue weighted by molar-refractivity contribution is -0.147. The van der Waals surface area contributed by atoms with Crippen LogP contribution < -0.4 is 0 Å². The molecular formula is C20H26Cl2O2. The van der Waals surface area contributed by atoms with Gasteiger partial charge in [0.2, 0.25) is 0 Å². The van der Waals surface area contributed by atoms with Crippen molar-refractivity contribution >= 4 is 29.2 Å². The maximum atomic E-state index is 12.6. The zero-order valence-electron chi connectivity index (χ0n) is 15.0. The monoisotopic (exact) mass is 368 g/mol. The molecule has 0 bridgehead atoms. The number of rotatable bonds is 5. The summed E-state index contributed by atoms with van der Waals surface area (Å²) in [5.74, 6) is -0.781. The molecule has 1 fully saturated rings. The molecular weight excluding hydrogens is 343 g/mol. The number of carboxylic acid groups (broad SMARTS) is 1. The second-order valence-electron chi connectivity index (χ2n) is 8.02. The van der Waals surface area contributed by atoms with Gasteiger partial charge >= 0.3 is 5.97 Å². The van der Waals surface area contributed by atoms with Crippen molar-refractivity contribution in [2.45, 2.75) is 47.5 Å². The van der Waals surface area contributed by atoms with Crippen LogP contribution >= 0.6 is 23.2 Å². The molecule has 2 nitrogen and oxygen atoms in total. The topological polar surface area (TPSA) is 37.3 Å². The molecule has 1 saturated carbocycles. The standard InChI is InChI=1S/C20H26Cl2O2/c1-6-20(17(2,3)4)18(5,13-15(21)22)19(20,16(23)24)12-14-10-8-7-9-11-14/h7-11,13H,6,12H2,1-5H3,(H,23,24)/t18-,19-,20?/m1/s1. The molecule has 0 spiro atoms. The van der Waals surface area contributed by atoms with Gasteiger partial charge in [0.15, 0.2) is 0 Å². The molecule has 1 aromatic rings. The highest BCUT2D eigenvalue weighted by Gasteiger charge is 2.88. The van der Waals surface area contributed by atoms with E-state index in [0.717, 1.165) is 12.0 Å². The molecule has 0 saturated heterocycles. The Kier molecular flexibility index (Phi) is 4.89. The number of benzene rings is 1. The van der Waals surface area contributed by atoms with Gasteiger partial charge in [-0.2, -0.15) is 0 Å². The Morgan fingerprint density at radius 3 is 2.12 bits per heavy atom. The molecule has 1 aliphatic rings. The molecule has 1 aliphatic carbocycles. The van der Waals surface area contributed by atoms with Gasteiger partial charge in [-0.05, 0) is 29.9 Å². The molecule has 0 aromatic heterocycles. The summed E-state index contributed by atoms with van der Waals surface area (Å²) in [7, 11) is 0. The molecule has 0 aliphatic heterocycles. The lowest BCUT2D eigenvalue weighted by Crippen LogP contribution is -2.34. The summed E-state index contributed by atoms with van der Waals surface area (Å²) in [6.07, 6.45) is 2.95. The lowest BCUT2D eigenvalue weighted by atomic mass is 9.68. The van der Waals surface area contributed by atoms with E-state index in [1.165, 1.54) is 0 Å². The minimum atomic E-state index is -0.941. The number of carboxylic acids is 1. The Morgan fingerprint density at radius 2 is 1.75 bits per heavy atom. The molecule has 0 radical (unpaired) electrons. The highest BCUT2D eigenvalue weighted by atomic mass is 35.5. The highest BCUT2D eigenvalue weighted by Crippen LogP contribution is 2.87. The van der Waals surface area contributed by atoms with Gasteiger partial charge in [-0.25, -0.2) is 0 Å². The molecule has 2 rings (SSSR count). The van der Waals surface area contributed by atoms with E-state index in [1.54, 1.807) is 6.08 Å². The molecule has 1 unspecified atom stereocenters. The Morgan fingerprint density at radius 1 is 1.21 bits per heavy atom. The SMILES string of the molecule is CCC1(C(C)(C)C)[C@](C)(C=C(Cl)Cl)[C@@]1(Cc1ccccc1)C(=O)O. The van der Waals surface area contributed by atoms with Crippen LogP contribution in [0.15, 0.2) is 40.9 Å². The van der Waals surface area contributed by atoms with Gasteiger partial charge in [0, 0.05) is 10.8 Å². The number of hydrogen-bond acceptors (Lipinski definition) is 1. The highest BCUT2D eigenvalue weighted by molar-refractivity contribution is 6.55. The minimum absolute atomic E-state index is 0.135. The van der Waals surface area contributed by atoms with Crippen LogP contribution in [0, 0.1) is 21.7 Å². The van der Waals surface area contributed by atoms with Crippen molar-refractivity contribution in [3.63, 3.8) is 0 Å². The van der Waals surface area contributed by atoms with Crippen molar-refractivity contribution in [2.24, 2.45) is 21.7 Å². The third-order valence-electron chi connectivity index (χ3n) is 6.32. The zero-order chi connectivity index (χ0) is 18.4. The van der Waals surface area contributed by atoms with Crippen molar-refractivity contribution in [3.05, 3.63) is 46.5 Å². The first kappa shape index (κ1) is 19.3. The van der Waals surface area contributed by atoms with E-state index in [1.807, 2.05) is 37.3 Å². The lowest BCUT2D eigenvalue weighted by Gasteiger charge is -2.35. The number of halogens is 2. The average molecular weight is 369 g/mol.